The molecular weight excluding hydrogens is 925 g/mol. The summed E-state index contributed by atoms with van der Waals surface area (Å²) in [5.74, 6) is -1.52. The van der Waals surface area contributed by atoms with Crippen LogP contribution in [0.4, 0.5) is 0 Å². The summed E-state index contributed by atoms with van der Waals surface area (Å²) in [6.07, 6.45) is 0. The summed E-state index contributed by atoms with van der Waals surface area (Å²) < 4.78 is 14.5. The summed E-state index contributed by atoms with van der Waals surface area (Å²) in [5, 5.41) is -1.29. The van der Waals surface area contributed by atoms with Gasteiger partial charge in [-0.15, -0.1) is 0 Å². The first-order valence-electron chi connectivity index (χ1n) is 8.44. The Morgan fingerprint density at radius 1 is 0.529 bits per heavy atom. The number of ether oxygens (including phenoxy) is 2. The second kappa shape index (κ2) is 12.0. The maximum Gasteiger partial charge on any atom is 0.346 e. The zero-order valence-electron chi connectivity index (χ0n) is 15.7. The highest BCUT2D eigenvalue weighted by Crippen LogP contribution is 2.44. The quantitative estimate of drug-likeness (QED) is 0.113. The molecule has 0 atom stereocenters. The van der Waals surface area contributed by atoms with Crippen LogP contribution in [0.1, 0.15) is 20.7 Å². The van der Waals surface area contributed by atoms with Crippen molar-refractivity contribution in [3.05, 3.63) is 82.3 Å². The predicted octanol–water partition coefficient (Wildman–Crippen LogP) is 11.3. The van der Waals surface area contributed by atoms with E-state index in [1.165, 1.54) is 0 Å². The van der Waals surface area contributed by atoms with Crippen LogP contribution < -0.4 is 9.47 Å². The van der Waals surface area contributed by atoms with Crippen molar-refractivity contribution in [2.45, 2.75) is 0 Å². The number of benzene rings is 3. The molecule has 34 heavy (non-hydrogen) atoms. The van der Waals surface area contributed by atoms with Crippen molar-refractivity contribution in [2.75, 3.05) is 0 Å². The van der Waals surface area contributed by atoms with Crippen molar-refractivity contribution in [3.63, 3.8) is 0 Å². The molecule has 0 bridgehead atoms. The second-order valence-corrected chi connectivity index (χ2v) is 12.5. The van der Waals surface area contributed by atoms with Gasteiger partial charge in [-0.05, 0) is 120 Å². The first kappa shape index (κ1) is 29.2. The zero-order chi connectivity index (χ0) is 25.5. The number of halogens is 10. The highest BCUT2D eigenvalue weighted by molar-refractivity contribution is 9.15. The molecule has 0 N–H and O–H groups in total. The first-order valence-corrected chi connectivity index (χ1v) is 14.7. The van der Waals surface area contributed by atoms with Crippen molar-refractivity contribution >= 4 is 154 Å². The van der Waals surface area contributed by atoms with Crippen LogP contribution in [0.2, 0.25) is 20.1 Å². The van der Waals surface area contributed by atoms with Gasteiger partial charge in [-0.3, -0.25) is 0 Å². The van der Waals surface area contributed by atoms with Gasteiger partial charge in [0.15, 0.2) is 0 Å². The number of carbonyl (C=O) groups excluding carboxylic acids is 2. The highest BCUT2D eigenvalue weighted by atomic mass is 79.9. The van der Waals surface area contributed by atoms with E-state index in [0.717, 1.165) is 8.95 Å². The Balaban J connectivity index is 2.00. The molecule has 0 aliphatic heterocycles. The van der Waals surface area contributed by atoms with Gasteiger partial charge in [0.1, 0.15) is 22.6 Å². The SMILES string of the molecule is O=C(Oc1ccc(Br)c(Br)c1Br)c1c(Cl)c(Cl)c(C(=O)Oc2ccc(Br)c(Br)c2Br)c(Cl)c1Cl. The van der Waals surface area contributed by atoms with Crippen LogP contribution in [0.15, 0.2) is 51.1 Å². The lowest BCUT2D eigenvalue weighted by Gasteiger charge is -2.16. The summed E-state index contributed by atoms with van der Waals surface area (Å²) >= 11 is 45.4. The van der Waals surface area contributed by atoms with E-state index in [0.29, 0.717) is 17.9 Å². The summed E-state index contributed by atoms with van der Waals surface area (Å²) in [7, 11) is 0. The van der Waals surface area contributed by atoms with E-state index in [4.69, 9.17) is 55.9 Å². The lowest BCUT2D eigenvalue weighted by atomic mass is 10.1. The predicted molar refractivity (Wildman–Crippen MR) is 155 cm³/mol. The third-order valence-electron chi connectivity index (χ3n) is 4.08. The van der Waals surface area contributed by atoms with Crippen molar-refractivity contribution in [3.8, 4) is 11.5 Å². The van der Waals surface area contributed by atoms with Crippen LogP contribution in [-0.4, -0.2) is 11.9 Å². The molecule has 0 aliphatic carbocycles. The fourth-order valence-corrected chi connectivity index (χ4v) is 6.33. The fraction of sp³-hybridized carbons (Fsp3) is 0. The molecule has 0 saturated heterocycles. The molecule has 4 nitrogen and oxygen atoms in total. The molecule has 0 amide bonds. The highest BCUT2D eigenvalue weighted by Gasteiger charge is 2.31. The Labute approximate surface area is 263 Å². The normalized spacial score (nSPS) is 10.9. The van der Waals surface area contributed by atoms with Gasteiger partial charge in [0.25, 0.3) is 0 Å². The Morgan fingerprint density at radius 2 is 0.824 bits per heavy atom. The van der Waals surface area contributed by atoms with Crippen LogP contribution in [0.5, 0.6) is 11.5 Å². The average Bonchev–Trinajstić information content (AvgIpc) is 2.79. The summed E-state index contributed by atoms with van der Waals surface area (Å²) in [5.41, 5.74) is -0.623. The molecule has 14 heteroatoms. The fourth-order valence-electron chi connectivity index (χ4n) is 2.47. The second-order valence-electron chi connectivity index (χ2n) is 6.13. The van der Waals surface area contributed by atoms with Crippen LogP contribution in [0, 0.1) is 0 Å². The van der Waals surface area contributed by atoms with Crippen LogP contribution in [0.25, 0.3) is 0 Å². The first-order chi connectivity index (χ1) is 15.9. The van der Waals surface area contributed by atoms with E-state index in [2.05, 4.69) is 95.6 Å². The topological polar surface area (TPSA) is 52.6 Å². The maximum absolute atomic E-state index is 12.9. The summed E-state index contributed by atoms with van der Waals surface area (Å²) in [6.45, 7) is 0. The van der Waals surface area contributed by atoms with Crippen molar-refractivity contribution < 1.29 is 19.1 Å². The van der Waals surface area contributed by atoms with Gasteiger partial charge >= 0.3 is 11.9 Å². The van der Waals surface area contributed by atoms with Gasteiger partial charge in [-0.2, -0.15) is 0 Å². The van der Waals surface area contributed by atoms with Crippen molar-refractivity contribution in [2.24, 2.45) is 0 Å². The monoisotopic (exact) mass is 921 g/mol. The smallest absolute Gasteiger partial charge is 0.346 e. The van der Waals surface area contributed by atoms with E-state index in [9.17, 15) is 9.59 Å². The molecule has 0 fully saturated rings. The van der Waals surface area contributed by atoms with Gasteiger partial charge in [0, 0.05) is 17.9 Å². The van der Waals surface area contributed by atoms with Crippen LogP contribution in [-0.2, 0) is 0 Å². The molecule has 0 spiro atoms. The number of carbonyl (C=O) groups is 2. The lowest BCUT2D eigenvalue weighted by molar-refractivity contribution is 0.0719. The lowest BCUT2D eigenvalue weighted by Crippen LogP contribution is -2.15. The third kappa shape index (κ3) is 5.87. The molecule has 0 heterocycles. The molecule has 0 saturated carbocycles. The number of hydrogen-bond acceptors (Lipinski definition) is 4. The van der Waals surface area contributed by atoms with Gasteiger partial charge in [-0.1, -0.05) is 46.4 Å². The number of rotatable bonds is 4. The standard InChI is InChI=1S/C20H4Br6Cl4O4/c21-5-1-3-7(13(25)11(5)23)33-19(31)9-15(27)17(29)10(18(30)16(9)28)20(32)34-8-4-2-6(22)12(24)14(8)26/h1-4H. The minimum atomic E-state index is -0.937. The van der Waals surface area contributed by atoms with E-state index in [-0.39, 0.29) is 42.7 Å². The Kier molecular flexibility index (Phi) is 10.3. The molecule has 3 aromatic rings. The number of esters is 2. The molecule has 3 rings (SSSR count). The molecule has 3 aromatic carbocycles. The van der Waals surface area contributed by atoms with Crippen molar-refractivity contribution in [1.82, 2.24) is 0 Å². The molecule has 0 aliphatic rings. The third-order valence-corrected chi connectivity index (χ3v) is 12.5. The van der Waals surface area contributed by atoms with E-state index in [1.807, 2.05) is 0 Å². The van der Waals surface area contributed by atoms with Gasteiger partial charge in [0.05, 0.1) is 29.0 Å². The summed E-state index contributed by atoms with van der Waals surface area (Å²) in [6, 6.07) is 6.42. The van der Waals surface area contributed by atoms with Gasteiger partial charge < -0.3 is 9.47 Å². The maximum atomic E-state index is 12.9. The summed E-state index contributed by atoms with van der Waals surface area (Å²) in [4.78, 5) is 25.8. The van der Waals surface area contributed by atoms with Crippen molar-refractivity contribution in [1.29, 1.82) is 0 Å². The molecule has 0 aromatic heterocycles. The molecule has 0 unspecified atom stereocenters. The largest absolute Gasteiger partial charge is 0.422 e. The zero-order valence-corrected chi connectivity index (χ0v) is 28.3. The van der Waals surface area contributed by atoms with Gasteiger partial charge in [-0.25, -0.2) is 9.59 Å². The minimum absolute atomic E-state index is 0.175. The Hall–Kier alpha value is 0.640. The molecular formula is C20H4Br6Cl4O4. The minimum Gasteiger partial charge on any atom is -0.422 e. The van der Waals surface area contributed by atoms with Crippen LogP contribution in [0.3, 0.4) is 0 Å². The van der Waals surface area contributed by atoms with Gasteiger partial charge in [0.2, 0.25) is 0 Å². The molecule has 178 valence electrons. The van der Waals surface area contributed by atoms with E-state index in [1.54, 1.807) is 24.3 Å². The Bertz CT molecular complexity index is 1230. The number of hydrogen-bond donors (Lipinski definition) is 0. The van der Waals surface area contributed by atoms with E-state index < -0.39 is 11.9 Å². The Morgan fingerprint density at radius 3 is 1.12 bits per heavy atom. The molecule has 0 radical (unpaired) electrons. The van der Waals surface area contributed by atoms with E-state index >= 15 is 0 Å². The average molecular weight is 929 g/mol. The van der Waals surface area contributed by atoms with Crippen LogP contribution >= 0.6 is 142 Å².